The van der Waals surface area contributed by atoms with Gasteiger partial charge < -0.3 is 10.2 Å². The predicted octanol–water partition coefficient (Wildman–Crippen LogP) is 7.27. The van der Waals surface area contributed by atoms with Gasteiger partial charge >= 0.3 is 0 Å². The fourth-order valence-electron chi connectivity index (χ4n) is 6.92. The van der Waals surface area contributed by atoms with Crippen LogP contribution >= 0.6 is 23.4 Å². The van der Waals surface area contributed by atoms with E-state index in [1.807, 2.05) is 72.9 Å². The van der Waals surface area contributed by atoms with Crippen molar-refractivity contribution in [1.82, 2.24) is 14.6 Å². The third-order valence-corrected chi connectivity index (χ3v) is 12.1. The van der Waals surface area contributed by atoms with E-state index < -0.39 is 26.5 Å². The van der Waals surface area contributed by atoms with Crippen molar-refractivity contribution in [3.05, 3.63) is 141 Å². The van der Waals surface area contributed by atoms with Gasteiger partial charge in [-0.25, -0.2) is 13.1 Å². The number of nitro groups is 1. The monoisotopic (exact) mass is 768 g/mol. The molecule has 1 amide bonds. The number of anilines is 2. The van der Waals surface area contributed by atoms with E-state index in [0.29, 0.717) is 23.4 Å². The van der Waals surface area contributed by atoms with Gasteiger partial charge in [0, 0.05) is 83.5 Å². The largest absolute Gasteiger partial charge is 0.379 e. The highest BCUT2D eigenvalue weighted by Crippen LogP contribution is 2.35. The van der Waals surface area contributed by atoms with Crippen molar-refractivity contribution in [2.24, 2.45) is 0 Å². The third-order valence-electron chi connectivity index (χ3n) is 9.50. The Bertz CT molecular complexity index is 2240. The van der Waals surface area contributed by atoms with Crippen LogP contribution in [0.1, 0.15) is 27.9 Å². The number of hydrogen-bond donors (Lipinski definition) is 2. The molecule has 0 unspecified atom stereocenters. The van der Waals surface area contributed by atoms with E-state index in [9.17, 15) is 23.3 Å². The molecule has 2 aliphatic heterocycles. The summed E-state index contributed by atoms with van der Waals surface area (Å²) in [6.45, 7) is 3.73. The van der Waals surface area contributed by atoms with Crippen LogP contribution in [0.2, 0.25) is 5.02 Å². The lowest BCUT2D eigenvalue weighted by molar-refractivity contribution is -0.384. The molecule has 272 valence electrons. The number of pyridine rings is 1. The number of amides is 1. The van der Waals surface area contributed by atoms with Gasteiger partial charge in [-0.05, 0) is 84.6 Å². The number of hydrogen-bond acceptors (Lipinski definition) is 10. The van der Waals surface area contributed by atoms with Crippen molar-refractivity contribution < 1.29 is 18.1 Å². The molecular formula is C39H37ClN6O5S2. The molecule has 2 N–H and O–H groups in total. The Labute approximate surface area is 317 Å². The van der Waals surface area contributed by atoms with E-state index in [1.165, 1.54) is 12.1 Å². The highest BCUT2D eigenvalue weighted by atomic mass is 35.5. The second-order valence-corrected chi connectivity index (χ2v) is 16.2. The molecule has 1 aromatic heterocycles. The Hall–Kier alpha value is -4.95. The van der Waals surface area contributed by atoms with E-state index in [4.69, 9.17) is 11.6 Å². The maximum atomic E-state index is 13.3. The van der Waals surface area contributed by atoms with Gasteiger partial charge in [0.2, 0.25) is 0 Å². The molecule has 0 saturated carbocycles. The number of piperazine rings is 1. The van der Waals surface area contributed by atoms with Gasteiger partial charge in [-0.15, -0.1) is 11.8 Å². The standard InChI is InChI=1S/C39H37ClN6O5S2/c40-31-12-8-27(9-13-31)38-30(5-4-18-42-38)25-44-20-21-45-32(26-44)14-10-28-23-29(11-17-36(28)45)39(47)43-53(50,51)34-15-16-35(37(24-34)46(48)49)41-19-22-52-33-6-2-1-3-7-33/h1-9,11-13,15-18,23-24,32,41H,10,14,19-22,25-26H2,(H,43,47)/t32-/m0/s1. The van der Waals surface area contributed by atoms with Gasteiger partial charge in [0.15, 0.2) is 0 Å². The molecule has 0 spiro atoms. The number of aryl methyl sites for hydroxylation is 1. The number of nitrogens with one attached hydrogen (secondary N) is 2. The SMILES string of the molecule is O=C(NS(=O)(=O)c1ccc(NCCSc2ccccc2)c([N+](=O)[O-])c1)c1ccc2c(c1)CC[C@H]1CN(Cc3cccnc3-c3ccc(Cl)cc3)CCN21. The van der Waals surface area contributed by atoms with Crippen LogP contribution in [0.25, 0.3) is 11.3 Å². The summed E-state index contributed by atoms with van der Waals surface area (Å²) in [6.07, 6.45) is 3.44. The molecule has 0 aliphatic carbocycles. The van der Waals surface area contributed by atoms with Crippen LogP contribution in [0.4, 0.5) is 17.1 Å². The average molecular weight is 769 g/mol. The summed E-state index contributed by atoms with van der Waals surface area (Å²) in [5.41, 5.74) is 5.17. The number of halogens is 1. The maximum Gasteiger partial charge on any atom is 0.293 e. The van der Waals surface area contributed by atoms with Crippen LogP contribution in [-0.4, -0.2) is 67.1 Å². The molecule has 2 aliphatic rings. The Balaban J connectivity index is 0.978. The first-order chi connectivity index (χ1) is 25.6. The molecule has 11 nitrogen and oxygen atoms in total. The zero-order chi connectivity index (χ0) is 37.0. The molecule has 14 heteroatoms. The number of sulfonamides is 1. The molecule has 0 radical (unpaired) electrons. The number of nitro benzene ring substituents is 1. The van der Waals surface area contributed by atoms with Gasteiger partial charge in [0.25, 0.3) is 21.6 Å². The van der Waals surface area contributed by atoms with E-state index >= 15 is 0 Å². The van der Waals surface area contributed by atoms with E-state index in [2.05, 4.69) is 30.9 Å². The van der Waals surface area contributed by atoms with Crippen molar-refractivity contribution >= 4 is 56.4 Å². The van der Waals surface area contributed by atoms with Crippen LogP contribution in [0.15, 0.2) is 119 Å². The molecule has 1 saturated heterocycles. The topological polar surface area (TPSA) is 138 Å². The van der Waals surface area contributed by atoms with Crippen LogP contribution in [0.3, 0.4) is 0 Å². The van der Waals surface area contributed by atoms with Gasteiger partial charge in [0.05, 0.1) is 15.5 Å². The summed E-state index contributed by atoms with van der Waals surface area (Å²) >= 11 is 7.71. The van der Waals surface area contributed by atoms with E-state index in [-0.39, 0.29) is 16.1 Å². The lowest BCUT2D eigenvalue weighted by Crippen LogP contribution is -2.54. The molecule has 5 aromatic rings. The smallest absolute Gasteiger partial charge is 0.293 e. The second-order valence-electron chi connectivity index (χ2n) is 12.9. The Morgan fingerprint density at radius 3 is 2.58 bits per heavy atom. The van der Waals surface area contributed by atoms with Crippen LogP contribution < -0.4 is 14.9 Å². The summed E-state index contributed by atoms with van der Waals surface area (Å²) in [7, 11) is -4.40. The first kappa shape index (κ1) is 36.4. The van der Waals surface area contributed by atoms with E-state index in [1.54, 1.807) is 23.9 Å². The van der Waals surface area contributed by atoms with Crippen LogP contribution in [0.5, 0.6) is 0 Å². The third kappa shape index (κ3) is 8.49. The van der Waals surface area contributed by atoms with Crippen molar-refractivity contribution in [2.45, 2.75) is 35.2 Å². The Morgan fingerprint density at radius 1 is 0.981 bits per heavy atom. The minimum atomic E-state index is -4.40. The number of carbonyl (C=O) groups is 1. The normalized spacial score (nSPS) is 15.6. The molecule has 7 rings (SSSR count). The number of rotatable bonds is 12. The first-order valence-electron chi connectivity index (χ1n) is 17.2. The number of benzene rings is 4. The van der Waals surface area contributed by atoms with Gasteiger partial charge in [-0.3, -0.25) is 24.8 Å². The summed E-state index contributed by atoms with van der Waals surface area (Å²) in [5.74, 6) is -0.149. The fraction of sp³-hybridized carbons (Fsp3) is 0.231. The zero-order valence-corrected chi connectivity index (χ0v) is 31.0. The molecule has 4 aromatic carbocycles. The highest BCUT2D eigenvalue weighted by Gasteiger charge is 2.33. The molecule has 1 fully saturated rings. The minimum Gasteiger partial charge on any atom is -0.379 e. The Morgan fingerprint density at radius 2 is 1.79 bits per heavy atom. The summed E-state index contributed by atoms with van der Waals surface area (Å²) < 4.78 is 28.7. The second kappa shape index (κ2) is 16.0. The van der Waals surface area contributed by atoms with Crippen molar-refractivity contribution in [2.75, 3.05) is 42.1 Å². The van der Waals surface area contributed by atoms with Gasteiger partial charge in [-0.2, -0.15) is 0 Å². The summed E-state index contributed by atoms with van der Waals surface area (Å²) in [6, 6.07) is 30.7. The number of thioether (sulfide) groups is 1. The lowest BCUT2D eigenvalue weighted by atomic mass is 9.92. The van der Waals surface area contributed by atoms with Crippen LogP contribution in [-0.2, 0) is 23.0 Å². The van der Waals surface area contributed by atoms with Crippen molar-refractivity contribution in [3.8, 4) is 11.3 Å². The average Bonchev–Trinajstić information content (AvgIpc) is 3.17. The number of carbonyl (C=O) groups excluding carboxylic acids is 1. The molecule has 3 heterocycles. The number of fused-ring (bicyclic) bond motifs is 3. The molecular weight excluding hydrogens is 732 g/mol. The van der Waals surface area contributed by atoms with E-state index in [0.717, 1.165) is 78.1 Å². The minimum absolute atomic E-state index is 0.197. The van der Waals surface area contributed by atoms with Crippen molar-refractivity contribution in [3.63, 3.8) is 0 Å². The Kier molecular flexibility index (Phi) is 11.0. The summed E-state index contributed by atoms with van der Waals surface area (Å²) in [4.78, 5) is 34.7. The molecule has 53 heavy (non-hydrogen) atoms. The molecule has 0 bridgehead atoms. The van der Waals surface area contributed by atoms with Crippen molar-refractivity contribution in [1.29, 1.82) is 0 Å². The fourth-order valence-corrected chi connectivity index (χ4v) is 8.83. The zero-order valence-electron chi connectivity index (χ0n) is 28.7. The number of nitrogens with zero attached hydrogens (tertiary/aromatic N) is 4. The quantitative estimate of drug-likeness (QED) is 0.0577. The first-order valence-corrected chi connectivity index (χ1v) is 20.1. The maximum absolute atomic E-state index is 13.3. The number of aromatic nitrogens is 1. The van der Waals surface area contributed by atoms with Gasteiger partial charge in [-0.1, -0.05) is 48.0 Å². The van der Waals surface area contributed by atoms with Crippen LogP contribution in [0, 0.1) is 10.1 Å². The van der Waals surface area contributed by atoms with Gasteiger partial charge in [0.1, 0.15) is 5.69 Å². The summed E-state index contributed by atoms with van der Waals surface area (Å²) in [5, 5.41) is 15.6. The predicted molar refractivity (Wildman–Crippen MR) is 209 cm³/mol. The lowest BCUT2D eigenvalue weighted by Gasteiger charge is -2.46. The molecule has 1 atom stereocenters. The highest BCUT2D eigenvalue weighted by molar-refractivity contribution is 7.99.